The monoisotopic (exact) mass is 552 g/mol. The highest BCUT2D eigenvalue weighted by molar-refractivity contribution is 6.04. The fourth-order valence-corrected chi connectivity index (χ4v) is 3.67. The van der Waals surface area contributed by atoms with E-state index in [0.29, 0.717) is 17.0 Å². The number of nitrogens with one attached hydrogen (secondary N) is 2. The summed E-state index contributed by atoms with van der Waals surface area (Å²) in [4.78, 5) is 48.4. The first kappa shape index (κ1) is 28.2. The molecule has 0 aromatic heterocycles. The molecular weight excluding hydrogens is 528 g/mol. The molecule has 0 spiro atoms. The number of anilines is 1. The number of hydrazone groups is 1. The van der Waals surface area contributed by atoms with Crippen molar-refractivity contribution in [2.24, 2.45) is 5.10 Å². The number of nitro benzene ring substituents is 1. The number of esters is 1. The average molecular weight is 553 g/mol. The van der Waals surface area contributed by atoms with Crippen molar-refractivity contribution >= 4 is 35.4 Å². The lowest BCUT2D eigenvalue weighted by atomic mass is 10.1. The van der Waals surface area contributed by atoms with E-state index in [9.17, 15) is 24.5 Å². The number of nitro groups is 1. The van der Waals surface area contributed by atoms with Gasteiger partial charge in [0, 0.05) is 34.5 Å². The quantitative estimate of drug-likeness (QED) is 0.0959. The van der Waals surface area contributed by atoms with E-state index in [1.54, 1.807) is 42.5 Å². The van der Waals surface area contributed by atoms with E-state index in [0.717, 1.165) is 17.8 Å². The van der Waals surface area contributed by atoms with Crippen molar-refractivity contribution in [3.63, 3.8) is 0 Å². The summed E-state index contributed by atoms with van der Waals surface area (Å²) < 4.78 is 10.6. The van der Waals surface area contributed by atoms with Gasteiger partial charge < -0.3 is 14.8 Å². The Hall–Kier alpha value is -5.84. The molecule has 11 nitrogen and oxygen atoms in total. The van der Waals surface area contributed by atoms with Crippen LogP contribution in [0.2, 0.25) is 0 Å². The van der Waals surface area contributed by atoms with Crippen LogP contribution in [-0.4, -0.2) is 36.0 Å². The van der Waals surface area contributed by atoms with E-state index in [1.165, 1.54) is 43.5 Å². The minimum atomic E-state index is -0.717. The highest BCUT2D eigenvalue weighted by Gasteiger charge is 2.16. The summed E-state index contributed by atoms with van der Waals surface area (Å²) >= 11 is 0. The molecular formula is C30H24N4O7. The van der Waals surface area contributed by atoms with E-state index < -0.39 is 16.8 Å². The summed E-state index contributed by atoms with van der Waals surface area (Å²) in [6.45, 7) is 1.89. The number of non-ortho nitro benzene ring substituents is 1. The second-order valence-corrected chi connectivity index (χ2v) is 8.70. The average Bonchev–Trinajstić information content (AvgIpc) is 2.98. The first-order valence-corrected chi connectivity index (χ1v) is 12.2. The molecule has 0 radical (unpaired) electrons. The van der Waals surface area contributed by atoms with Gasteiger partial charge in [0.05, 0.1) is 23.8 Å². The van der Waals surface area contributed by atoms with Crippen molar-refractivity contribution in [1.29, 1.82) is 0 Å². The van der Waals surface area contributed by atoms with Gasteiger partial charge in [0.15, 0.2) is 0 Å². The molecule has 4 aromatic rings. The summed E-state index contributed by atoms with van der Waals surface area (Å²) in [7, 11) is 1.46. The molecule has 2 N–H and O–H groups in total. The number of hydrogen-bond donors (Lipinski definition) is 2. The maximum Gasteiger partial charge on any atom is 0.343 e. The molecule has 4 rings (SSSR count). The van der Waals surface area contributed by atoms with Crippen LogP contribution in [0.25, 0.3) is 0 Å². The molecule has 2 amide bonds. The maximum absolute atomic E-state index is 12.7. The zero-order valence-electron chi connectivity index (χ0n) is 22.0. The minimum Gasteiger partial charge on any atom is -0.497 e. The van der Waals surface area contributed by atoms with Gasteiger partial charge >= 0.3 is 5.97 Å². The van der Waals surface area contributed by atoms with Gasteiger partial charge in [-0.25, -0.2) is 10.2 Å². The Morgan fingerprint density at radius 2 is 1.59 bits per heavy atom. The van der Waals surface area contributed by atoms with Gasteiger partial charge in [-0.1, -0.05) is 23.8 Å². The van der Waals surface area contributed by atoms with Gasteiger partial charge in [0.1, 0.15) is 11.5 Å². The largest absolute Gasteiger partial charge is 0.497 e. The summed E-state index contributed by atoms with van der Waals surface area (Å²) in [5.74, 6) is -1.12. The van der Waals surface area contributed by atoms with Crippen LogP contribution in [0.1, 0.15) is 42.2 Å². The lowest BCUT2D eigenvalue weighted by molar-refractivity contribution is -0.384. The van der Waals surface area contributed by atoms with Gasteiger partial charge in [0.25, 0.3) is 17.5 Å². The summed E-state index contributed by atoms with van der Waals surface area (Å²) in [5, 5.41) is 17.9. The third-order valence-corrected chi connectivity index (χ3v) is 5.77. The van der Waals surface area contributed by atoms with Gasteiger partial charge in [-0.05, 0) is 67.6 Å². The number of aryl methyl sites for hydroxylation is 1. The fourth-order valence-electron chi connectivity index (χ4n) is 3.67. The van der Waals surface area contributed by atoms with Crippen LogP contribution in [0.15, 0.2) is 96.1 Å². The predicted octanol–water partition coefficient (Wildman–Crippen LogP) is 5.15. The van der Waals surface area contributed by atoms with Gasteiger partial charge in [-0.2, -0.15) is 5.10 Å². The summed E-state index contributed by atoms with van der Waals surface area (Å²) in [6, 6.07) is 23.2. The highest BCUT2D eigenvalue weighted by atomic mass is 16.6. The number of hydrogen-bond acceptors (Lipinski definition) is 8. The Morgan fingerprint density at radius 1 is 0.854 bits per heavy atom. The Labute approximate surface area is 234 Å². The minimum absolute atomic E-state index is 0.00452. The van der Waals surface area contributed by atoms with Crippen LogP contribution in [0, 0.1) is 17.0 Å². The molecule has 0 heterocycles. The van der Waals surface area contributed by atoms with E-state index in [4.69, 9.17) is 9.47 Å². The lowest BCUT2D eigenvalue weighted by Crippen LogP contribution is -2.18. The molecule has 0 saturated heterocycles. The zero-order chi connectivity index (χ0) is 29.4. The number of amides is 2. The van der Waals surface area contributed by atoms with Crippen LogP contribution in [0.3, 0.4) is 0 Å². The van der Waals surface area contributed by atoms with Crippen molar-refractivity contribution < 1.29 is 28.8 Å². The second-order valence-electron chi connectivity index (χ2n) is 8.70. The summed E-state index contributed by atoms with van der Waals surface area (Å²) in [6.07, 6.45) is 1.13. The molecule has 0 fully saturated rings. The third kappa shape index (κ3) is 7.39. The first-order chi connectivity index (χ1) is 19.7. The van der Waals surface area contributed by atoms with Crippen molar-refractivity contribution in [2.45, 2.75) is 6.92 Å². The number of benzene rings is 4. The van der Waals surface area contributed by atoms with Crippen molar-refractivity contribution in [1.82, 2.24) is 5.43 Å². The van der Waals surface area contributed by atoms with Gasteiger partial charge in [-0.15, -0.1) is 0 Å². The normalized spacial score (nSPS) is 10.6. The fraction of sp³-hybridized carbons (Fsp3) is 0.0667. The molecule has 206 valence electrons. The molecule has 0 bridgehead atoms. The maximum atomic E-state index is 12.7. The number of methoxy groups -OCH3 is 1. The van der Waals surface area contributed by atoms with Crippen molar-refractivity contribution in [2.75, 3.05) is 12.4 Å². The van der Waals surface area contributed by atoms with Crippen LogP contribution in [0.4, 0.5) is 11.4 Å². The zero-order valence-corrected chi connectivity index (χ0v) is 22.0. The Bertz CT molecular complexity index is 1650. The van der Waals surface area contributed by atoms with Crippen LogP contribution < -0.4 is 20.2 Å². The molecule has 4 aromatic carbocycles. The predicted molar refractivity (Wildman–Crippen MR) is 152 cm³/mol. The highest BCUT2D eigenvalue weighted by Crippen LogP contribution is 2.24. The molecule has 0 unspecified atom stereocenters. The van der Waals surface area contributed by atoms with E-state index in [-0.39, 0.29) is 34.0 Å². The molecule has 0 aliphatic heterocycles. The smallest absolute Gasteiger partial charge is 0.343 e. The molecule has 0 atom stereocenters. The first-order valence-electron chi connectivity index (χ1n) is 12.2. The van der Waals surface area contributed by atoms with Crippen LogP contribution in [0.5, 0.6) is 11.5 Å². The summed E-state index contributed by atoms with van der Waals surface area (Å²) in [5.41, 5.74) is 4.58. The lowest BCUT2D eigenvalue weighted by Gasteiger charge is -2.09. The Morgan fingerprint density at radius 3 is 2.29 bits per heavy atom. The molecule has 0 saturated carbocycles. The SMILES string of the molecule is COc1cccc(C(=O)Oc2ccc([N+](=O)[O-])cc2/C=N/NC(=O)c2ccc(NC(=O)c3cccc(C)c3)cc2)c1. The van der Waals surface area contributed by atoms with Crippen molar-refractivity contribution in [3.05, 3.63) is 129 Å². The molecule has 0 aliphatic rings. The Kier molecular flexibility index (Phi) is 8.80. The number of carbonyl (C=O) groups excluding carboxylic acids is 3. The van der Waals surface area contributed by atoms with Crippen LogP contribution >= 0.6 is 0 Å². The number of carbonyl (C=O) groups is 3. The second kappa shape index (κ2) is 12.8. The van der Waals surface area contributed by atoms with E-state index >= 15 is 0 Å². The van der Waals surface area contributed by atoms with Crippen LogP contribution in [-0.2, 0) is 0 Å². The van der Waals surface area contributed by atoms with E-state index in [1.807, 2.05) is 13.0 Å². The number of nitrogens with zero attached hydrogens (tertiary/aromatic N) is 2. The Balaban J connectivity index is 1.44. The van der Waals surface area contributed by atoms with Gasteiger partial charge in [-0.3, -0.25) is 19.7 Å². The topological polar surface area (TPSA) is 149 Å². The van der Waals surface area contributed by atoms with Gasteiger partial charge in [0.2, 0.25) is 0 Å². The molecule has 0 aliphatic carbocycles. The van der Waals surface area contributed by atoms with E-state index in [2.05, 4.69) is 15.8 Å². The molecule has 41 heavy (non-hydrogen) atoms. The number of ether oxygens (including phenoxy) is 2. The third-order valence-electron chi connectivity index (χ3n) is 5.77. The number of rotatable bonds is 9. The van der Waals surface area contributed by atoms with Crippen molar-refractivity contribution in [3.8, 4) is 11.5 Å². The standard InChI is InChI=1S/C30H24N4O7/c1-19-5-3-6-21(15-19)28(35)32-24-11-9-20(10-12-24)29(36)33-31-18-23-16-25(34(38)39)13-14-27(23)41-30(37)22-7-4-8-26(17-22)40-2/h3-18H,1-2H3,(H,32,35)(H,33,36)/b31-18+. The molecule has 11 heteroatoms.